The highest BCUT2D eigenvalue weighted by atomic mass is 16.5. The zero-order valence-electron chi connectivity index (χ0n) is 13.9. The van der Waals surface area contributed by atoms with Crippen LogP contribution in [0.3, 0.4) is 0 Å². The molecule has 1 N–H and O–H groups in total. The summed E-state index contributed by atoms with van der Waals surface area (Å²) in [6.45, 7) is 8.70. The van der Waals surface area contributed by atoms with Crippen molar-refractivity contribution in [3.63, 3.8) is 0 Å². The average molecular weight is 304 g/mol. The van der Waals surface area contributed by atoms with Crippen LogP contribution in [0.4, 0.5) is 0 Å². The fourth-order valence-corrected chi connectivity index (χ4v) is 2.80. The van der Waals surface area contributed by atoms with E-state index in [0.29, 0.717) is 24.5 Å². The maximum absolute atomic E-state index is 12.5. The summed E-state index contributed by atoms with van der Waals surface area (Å²) in [7, 11) is 0. The number of hydrogen-bond donors (Lipinski definition) is 1. The highest BCUT2D eigenvalue weighted by Crippen LogP contribution is 2.22. The van der Waals surface area contributed by atoms with Gasteiger partial charge in [-0.1, -0.05) is 25.5 Å². The van der Waals surface area contributed by atoms with E-state index in [2.05, 4.69) is 17.1 Å². The van der Waals surface area contributed by atoms with Gasteiger partial charge in [0.15, 0.2) is 0 Å². The Bertz CT molecular complexity index is 482. The number of nitrogens with zero attached hydrogens (tertiary/aromatic N) is 1. The molecule has 4 heteroatoms. The van der Waals surface area contributed by atoms with E-state index in [4.69, 9.17) is 4.74 Å². The van der Waals surface area contributed by atoms with Gasteiger partial charge in [-0.3, -0.25) is 4.79 Å². The summed E-state index contributed by atoms with van der Waals surface area (Å²) in [5.41, 5.74) is 1.65. The maximum Gasteiger partial charge on any atom is 0.255 e. The predicted molar refractivity (Wildman–Crippen MR) is 89.6 cm³/mol. The molecule has 0 atom stereocenters. The SMILES string of the molecule is CCCCOc1cccc(C)c1C(=O)NCCN1CCCC1. The van der Waals surface area contributed by atoms with Crippen molar-refractivity contribution in [3.05, 3.63) is 29.3 Å². The van der Waals surface area contributed by atoms with Crippen LogP contribution in [0, 0.1) is 6.92 Å². The molecule has 0 spiro atoms. The molecular weight excluding hydrogens is 276 g/mol. The molecule has 1 aliphatic heterocycles. The molecule has 1 aromatic rings. The first-order chi connectivity index (χ1) is 10.7. The summed E-state index contributed by atoms with van der Waals surface area (Å²) in [6, 6.07) is 5.79. The van der Waals surface area contributed by atoms with Gasteiger partial charge in [0.05, 0.1) is 12.2 Å². The molecule has 4 nitrogen and oxygen atoms in total. The molecule has 0 unspecified atom stereocenters. The first-order valence-electron chi connectivity index (χ1n) is 8.45. The molecule has 0 radical (unpaired) electrons. The summed E-state index contributed by atoms with van der Waals surface area (Å²) in [5.74, 6) is 0.677. The largest absolute Gasteiger partial charge is 0.493 e. The van der Waals surface area contributed by atoms with E-state index in [9.17, 15) is 4.79 Å². The van der Waals surface area contributed by atoms with Crippen molar-refractivity contribution in [2.75, 3.05) is 32.8 Å². The maximum atomic E-state index is 12.5. The van der Waals surface area contributed by atoms with E-state index in [1.807, 2.05) is 25.1 Å². The number of nitrogens with one attached hydrogen (secondary N) is 1. The molecule has 1 aromatic carbocycles. The van der Waals surface area contributed by atoms with Gasteiger partial charge in [0.1, 0.15) is 5.75 Å². The Kier molecular flexibility index (Phi) is 6.72. The van der Waals surface area contributed by atoms with Crippen LogP contribution in [0.25, 0.3) is 0 Å². The van der Waals surface area contributed by atoms with Gasteiger partial charge in [-0.25, -0.2) is 0 Å². The molecule has 1 fully saturated rings. The Morgan fingerprint density at radius 2 is 2.09 bits per heavy atom. The minimum atomic E-state index is -0.0243. The third-order valence-corrected chi connectivity index (χ3v) is 4.13. The van der Waals surface area contributed by atoms with E-state index in [1.54, 1.807) is 0 Å². The van der Waals surface area contributed by atoms with Crippen molar-refractivity contribution in [2.24, 2.45) is 0 Å². The normalized spacial score (nSPS) is 15.0. The molecule has 0 aliphatic carbocycles. The number of ether oxygens (including phenoxy) is 1. The van der Waals surface area contributed by atoms with E-state index in [-0.39, 0.29) is 5.91 Å². The number of amides is 1. The van der Waals surface area contributed by atoms with Crippen LogP contribution in [0.15, 0.2) is 18.2 Å². The van der Waals surface area contributed by atoms with E-state index in [0.717, 1.165) is 38.0 Å². The summed E-state index contributed by atoms with van der Waals surface area (Å²) >= 11 is 0. The number of benzene rings is 1. The summed E-state index contributed by atoms with van der Waals surface area (Å²) in [5, 5.41) is 3.04. The molecule has 0 saturated carbocycles. The monoisotopic (exact) mass is 304 g/mol. The standard InChI is InChI=1S/C18H28N2O2/c1-3-4-14-22-16-9-7-8-15(2)17(16)18(21)19-10-13-20-11-5-6-12-20/h7-9H,3-6,10-14H2,1-2H3,(H,19,21). The zero-order chi connectivity index (χ0) is 15.8. The van der Waals surface area contributed by atoms with Crippen molar-refractivity contribution in [1.82, 2.24) is 10.2 Å². The summed E-state index contributed by atoms with van der Waals surface area (Å²) in [4.78, 5) is 14.9. The zero-order valence-corrected chi connectivity index (χ0v) is 13.9. The van der Waals surface area contributed by atoms with Crippen LogP contribution in [0.2, 0.25) is 0 Å². The summed E-state index contributed by atoms with van der Waals surface area (Å²) in [6.07, 6.45) is 4.65. The number of carbonyl (C=O) groups excluding carboxylic acids is 1. The van der Waals surface area contributed by atoms with Crippen molar-refractivity contribution >= 4 is 5.91 Å². The summed E-state index contributed by atoms with van der Waals surface area (Å²) < 4.78 is 5.79. The number of unbranched alkanes of at least 4 members (excludes halogenated alkanes) is 1. The van der Waals surface area contributed by atoms with Gasteiger partial charge in [0.25, 0.3) is 5.91 Å². The first-order valence-corrected chi connectivity index (χ1v) is 8.45. The third kappa shape index (κ3) is 4.73. The van der Waals surface area contributed by atoms with Gasteiger partial charge in [-0.2, -0.15) is 0 Å². The fourth-order valence-electron chi connectivity index (χ4n) is 2.80. The molecular formula is C18H28N2O2. The average Bonchev–Trinajstić information content (AvgIpc) is 3.01. The number of hydrogen-bond acceptors (Lipinski definition) is 3. The highest BCUT2D eigenvalue weighted by Gasteiger charge is 2.16. The van der Waals surface area contributed by atoms with Gasteiger partial charge in [0.2, 0.25) is 0 Å². The van der Waals surface area contributed by atoms with E-state index in [1.165, 1.54) is 12.8 Å². The van der Waals surface area contributed by atoms with Crippen molar-refractivity contribution < 1.29 is 9.53 Å². The second kappa shape index (κ2) is 8.79. The van der Waals surface area contributed by atoms with Crippen LogP contribution < -0.4 is 10.1 Å². The quantitative estimate of drug-likeness (QED) is 0.751. The number of rotatable bonds is 8. The van der Waals surface area contributed by atoms with Crippen LogP contribution in [0.1, 0.15) is 48.5 Å². The lowest BCUT2D eigenvalue weighted by Gasteiger charge is -2.16. The third-order valence-electron chi connectivity index (χ3n) is 4.13. The van der Waals surface area contributed by atoms with Gasteiger partial charge < -0.3 is 15.0 Å². The smallest absolute Gasteiger partial charge is 0.255 e. The predicted octanol–water partition coefficient (Wildman–Crippen LogP) is 3.00. The minimum Gasteiger partial charge on any atom is -0.493 e. The topological polar surface area (TPSA) is 41.6 Å². The van der Waals surface area contributed by atoms with Crippen molar-refractivity contribution in [2.45, 2.75) is 39.5 Å². The minimum absolute atomic E-state index is 0.0243. The van der Waals surface area contributed by atoms with Crippen LogP contribution >= 0.6 is 0 Å². The van der Waals surface area contributed by atoms with Gasteiger partial charge in [0, 0.05) is 13.1 Å². The first kappa shape index (κ1) is 16.8. The highest BCUT2D eigenvalue weighted by molar-refractivity contribution is 5.98. The van der Waals surface area contributed by atoms with Gasteiger partial charge >= 0.3 is 0 Å². The Morgan fingerprint density at radius 1 is 1.32 bits per heavy atom. The van der Waals surface area contributed by atoms with E-state index >= 15 is 0 Å². The molecule has 0 aromatic heterocycles. The Hall–Kier alpha value is -1.55. The lowest BCUT2D eigenvalue weighted by molar-refractivity contribution is 0.0945. The molecule has 1 amide bonds. The fraction of sp³-hybridized carbons (Fsp3) is 0.611. The van der Waals surface area contributed by atoms with Crippen LogP contribution in [-0.4, -0.2) is 43.6 Å². The lowest BCUT2D eigenvalue weighted by atomic mass is 10.1. The van der Waals surface area contributed by atoms with Crippen LogP contribution in [-0.2, 0) is 0 Å². The lowest BCUT2D eigenvalue weighted by Crippen LogP contribution is -2.34. The van der Waals surface area contributed by atoms with Crippen LogP contribution in [0.5, 0.6) is 5.75 Å². The molecule has 1 aliphatic rings. The van der Waals surface area contributed by atoms with Gasteiger partial charge in [-0.05, 0) is 50.9 Å². The molecule has 2 rings (SSSR count). The van der Waals surface area contributed by atoms with Crippen molar-refractivity contribution in [3.8, 4) is 5.75 Å². The van der Waals surface area contributed by atoms with E-state index < -0.39 is 0 Å². The molecule has 1 heterocycles. The Balaban J connectivity index is 1.91. The van der Waals surface area contributed by atoms with Gasteiger partial charge in [-0.15, -0.1) is 0 Å². The Labute approximate surface area is 133 Å². The molecule has 122 valence electrons. The number of aryl methyl sites for hydroxylation is 1. The molecule has 22 heavy (non-hydrogen) atoms. The Morgan fingerprint density at radius 3 is 2.82 bits per heavy atom. The van der Waals surface area contributed by atoms with Crippen molar-refractivity contribution in [1.29, 1.82) is 0 Å². The number of likely N-dealkylation sites (tertiary alicyclic amines) is 1. The molecule has 1 saturated heterocycles. The molecule has 0 bridgehead atoms. The second-order valence-electron chi connectivity index (χ2n) is 5.95. The number of carbonyl (C=O) groups is 1. The second-order valence-corrected chi connectivity index (χ2v) is 5.95.